The number of aliphatic hydroxyl groups is 1. The second-order valence-electron chi connectivity index (χ2n) is 6.75. The molecule has 0 radical (unpaired) electrons. The summed E-state index contributed by atoms with van der Waals surface area (Å²) in [5.74, 6) is -2.31. The van der Waals surface area contributed by atoms with Crippen molar-refractivity contribution in [2.24, 2.45) is 5.14 Å². The van der Waals surface area contributed by atoms with E-state index in [1.54, 1.807) is 0 Å². The molecule has 0 saturated carbocycles. The summed E-state index contributed by atoms with van der Waals surface area (Å²) in [7, 11) is -4.09. The van der Waals surface area contributed by atoms with Crippen LogP contribution in [0, 0.1) is 5.82 Å². The Morgan fingerprint density at radius 2 is 1.79 bits per heavy atom. The zero-order chi connectivity index (χ0) is 24.4. The number of aliphatic hydroxyl groups excluding tert-OH is 1. The number of ether oxygens (including phenoxy) is 1. The summed E-state index contributed by atoms with van der Waals surface area (Å²) >= 11 is 0. The Balaban J connectivity index is 1.99. The molecule has 3 aromatic rings. The van der Waals surface area contributed by atoms with Crippen molar-refractivity contribution in [3.05, 3.63) is 83.2 Å². The highest BCUT2D eigenvalue weighted by atomic mass is 32.2. The molecule has 0 aliphatic rings. The fourth-order valence-corrected chi connectivity index (χ4v) is 3.33. The SMILES string of the molecule is NS(=O)(=O)c1cccc(NC(=O)c2cc(C(F)(F)F)ccc2Oc2ccc(CO)c(F)c2)c1. The lowest BCUT2D eigenvalue weighted by atomic mass is 10.1. The van der Waals surface area contributed by atoms with E-state index in [0.717, 1.165) is 18.2 Å². The van der Waals surface area contributed by atoms with Gasteiger partial charge in [-0.25, -0.2) is 17.9 Å². The normalized spacial score (nSPS) is 11.8. The van der Waals surface area contributed by atoms with Crippen LogP contribution in [0.25, 0.3) is 0 Å². The number of nitrogens with one attached hydrogen (secondary N) is 1. The summed E-state index contributed by atoms with van der Waals surface area (Å²) in [5.41, 5.74) is -1.76. The highest BCUT2D eigenvalue weighted by Gasteiger charge is 2.32. The first-order valence-electron chi connectivity index (χ1n) is 9.11. The van der Waals surface area contributed by atoms with E-state index in [1.807, 2.05) is 0 Å². The van der Waals surface area contributed by atoms with Crippen LogP contribution in [0.5, 0.6) is 11.5 Å². The molecule has 0 aromatic heterocycles. The summed E-state index contributed by atoms with van der Waals surface area (Å²) in [4.78, 5) is 12.5. The Morgan fingerprint density at radius 3 is 2.39 bits per heavy atom. The lowest BCUT2D eigenvalue weighted by Crippen LogP contribution is -2.16. The maximum atomic E-state index is 13.9. The van der Waals surface area contributed by atoms with Crippen LogP contribution >= 0.6 is 0 Å². The van der Waals surface area contributed by atoms with Gasteiger partial charge in [0.05, 0.1) is 22.6 Å². The molecule has 1 amide bonds. The molecule has 12 heteroatoms. The highest BCUT2D eigenvalue weighted by molar-refractivity contribution is 7.89. The lowest BCUT2D eigenvalue weighted by molar-refractivity contribution is -0.137. The lowest BCUT2D eigenvalue weighted by Gasteiger charge is -2.15. The van der Waals surface area contributed by atoms with Crippen molar-refractivity contribution in [2.75, 3.05) is 5.32 Å². The molecule has 0 spiro atoms. The largest absolute Gasteiger partial charge is 0.456 e. The van der Waals surface area contributed by atoms with Crippen LogP contribution in [0.1, 0.15) is 21.5 Å². The van der Waals surface area contributed by atoms with Crippen LogP contribution in [-0.2, 0) is 22.8 Å². The molecule has 3 aromatic carbocycles. The molecule has 0 fully saturated rings. The van der Waals surface area contributed by atoms with Gasteiger partial charge < -0.3 is 15.2 Å². The Labute approximate surface area is 185 Å². The molecule has 0 heterocycles. The summed E-state index contributed by atoms with van der Waals surface area (Å²) in [6.45, 7) is -0.572. The van der Waals surface area contributed by atoms with Crippen LogP contribution in [0.15, 0.2) is 65.6 Å². The number of sulfonamides is 1. The smallest absolute Gasteiger partial charge is 0.416 e. The van der Waals surface area contributed by atoms with Crippen molar-refractivity contribution < 1.29 is 40.6 Å². The number of hydrogen-bond acceptors (Lipinski definition) is 5. The second-order valence-corrected chi connectivity index (χ2v) is 8.31. The summed E-state index contributed by atoms with van der Waals surface area (Å²) in [6, 6.07) is 10.3. The van der Waals surface area contributed by atoms with Gasteiger partial charge in [0.1, 0.15) is 17.3 Å². The van der Waals surface area contributed by atoms with Crippen molar-refractivity contribution in [2.45, 2.75) is 17.7 Å². The first-order chi connectivity index (χ1) is 15.4. The summed E-state index contributed by atoms with van der Waals surface area (Å²) in [6.07, 6.45) is -4.77. The van der Waals surface area contributed by atoms with Crippen molar-refractivity contribution in [3.63, 3.8) is 0 Å². The first-order valence-corrected chi connectivity index (χ1v) is 10.7. The van der Waals surface area contributed by atoms with Crippen LogP contribution < -0.4 is 15.2 Å². The first kappa shape index (κ1) is 24.2. The van der Waals surface area contributed by atoms with Gasteiger partial charge in [0.15, 0.2) is 0 Å². The number of amides is 1. The third-order valence-corrected chi connectivity index (χ3v) is 5.31. The Hall–Kier alpha value is -3.48. The molecule has 0 unspecified atom stereocenters. The number of carbonyl (C=O) groups excluding carboxylic acids is 1. The van der Waals surface area contributed by atoms with Crippen LogP contribution in [-0.4, -0.2) is 19.4 Å². The maximum Gasteiger partial charge on any atom is 0.416 e. The monoisotopic (exact) mass is 484 g/mol. The number of primary sulfonamides is 1. The minimum atomic E-state index is -4.77. The van der Waals surface area contributed by atoms with Gasteiger partial charge in [0, 0.05) is 17.3 Å². The molecule has 4 N–H and O–H groups in total. The maximum absolute atomic E-state index is 13.9. The number of hydrogen-bond donors (Lipinski definition) is 3. The third kappa shape index (κ3) is 5.86. The van der Waals surface area contributed by atoms with Crippen molar-refractivity contribution in [1.82, 2.24) is 0 Å². The van der Waals surface area contributed by atoms with Crippen LogP contribution in [0.3, 0.4) is 0 Å². The average Bonchev–Trinajstić information content (AvgIpc) is 2.73. The van der Waals surface area contributed by atoms with Gasteiger partial charge in [-0.15, -0.1) is 0 Å². The van der Waals surface area contributed by atoms with E-state index in [2.05, 4.69) is 5.32 Å². The molecular weight excluding hydrogens is 468 g/mol. The van der Waals surface area contributed by atoms with E-state index in [4.69, 9.17) is 15.0 Å². The van der Waals surface area contributed by atoms with Gasteiger partial charge in [0.2, 0.25) is 10.0 Å². The second kappa shape index (κ2) is 9.17. The van der Waals surface area contributed by atoms with E-state index < -0.39 is 45.7 Å². The number of anilines is 1. The number of alkyl halides is 3. The average molecular weight is 484 g/mol. The number of halogens is 4. The van der Waals surface area contributed by atoms with Gasteiger partial charge >= 0.3 is 6.18 Å². The standard InChI is InChI=1S/C21H16F4N2O5S/c22-18-10-15(6-4-12(18)11-28)32-19-7-5-13(21(23,24)25)8-17(19)20(29)27-14-2-1-3-16(9-14)33(26,30)31/h1-10,28H,11H2,(H,27,29)(H2,26,30,31). The fraction of sp³-hybridized carbons (Fsp3) is 0.0952. The van der Waals surface area contributed by atoms with Crippen molar-refractivity contribution >= 4 is 21.6 Å². The van der Waals surface area contributed by atoms with E-state index in [-0.39, 0.29) is 27.6 Å². The topological polar surface area (TPSA) is 119 Å². The van der Waals surface area contributed by atoms with Gasteiger partial charge in [-0.3, -0.25) is 4.79 Å². The van der Waals surface area contributed by atoms with Crippen molar-refractivity contribution in [1.29, 1.82) is 0 Å². The number of rotatable bonds is 6. The molecule has 0 bridgehead atoms. The molecule has 0 atom stereocenters. The van der Waals surface area contributed by atoms with Crippen LogP contribution in [0.2, 0.25) is 0 Å². The van der Waals surface area contributed by atoms with Gasteiger partial charge in [-0.05, 0) is 42.5 Å². The van der Waals surface area contributed by atoms with Gasteiger partial charge in [0.25, 0.3) is 5.91 Å². The molecule has 0 saturated heterocycles. The minimum absolute atomic E-state index is 0.0255. The number of carbonyl (C=O) groups is 1. The van der Waals surface area contributed by atoms with E-state index >= 15 is 0 Å². The Kier molecular flexibility index (Phi) is 6.72. The molecular formula is C21H16F4N2O5S. The minimum Gasteiger partial charge on any atom is -0.456 e. The van der Waals surface area contributed by atoms with Gasteiger partial charge in [-0.2, -0.15) is 13.2 Å². The predicted octanol–water partition coefficient (Wildman–Crippen LogP) is 4.03. The van der Waals surface area contributed by atoms with E-state index in [9.17, 15) is 30.8 Å². The molecule has 3 rings (SSSR count). The number of nitrogens with two attached hydrogens (primary N) is 1. The molecule has 0 aliphatic heterocycles. The van der Waals surface area contributed by atoms with Crippen LogP contribution in [0.4, 0.5) is 23.2 Å². The van der Waals surface area contributed by atoms with E-state index in [0.29, 0.717) is 12.1 Å². The number of benzene rings is 3. The molecule has 0 aliphatic carbocycles. The third-order valence-electron chi connectivity index (χ3n) is 4.39. The summed E-state index contributed by atoms with van der Waals surface area (Å²) < 4.78 is 82.0. The molecule has 7 nitrogen and oxygen atoms in total. The predicted molar refractivity (Wildman–Crippen MR) is 110 cm³/mol. The fourth-order valence-electron chi connectivity index (χ4n) is 2.77. The van der Waals surface area contributed by atoms with E-state index in [1.165, 1.54) is 30.3 Å². The molecule has 33 heavy (non-hydrogen) atoms. The van der Waals surface area contributed by atoms with Crippen molar-refractivity contribution in [3.8, 4) is 11.5 Å². The zero-order valence-corrected chi connectivity index (χ0v) is 17.4. The zero-order valence-electron chi connectivity index (χ0n) is 16.6. The Bertz CT molecular complexity index is 1310. The Morgan fingerprint density at radius 1 is 1.06 bits per heavy atom. The highest BCUT2D eigenvalue weighted by Crippen LogP contribution is 2.35. The quantitative estimate of drug-likeness (QED) is 0.457. The summed E-state index contributed by atoms with van der Waals surface area (Å²) in [5, 5.41) is 16.4. The molecule has 174 valence electrons. The van der Waals surface area contributed by atoms with Gasteiger partial charge in [-0.1, -0.05) is 12.1 Å².